The zero-order chi connectivity index (χ0) is 9.97. The van der Waals surface area contributed by atoms with Gasteiger partial charge in [-0.1, -0.05) is 5.10 Å². The lowest BCUT2D eigenvalue weighted by Gasteiger charge is -2.11. The van der Waals surface area contributed by atoms with Crippen LogP contribution >= 0.6 is 0 Å². The van der Waals surface area contributed by atoms with Gasteiger partial charge in [-0.05, 0) is 6.42 Å². The summed E-state index contributed by atoms with van der Waals surface area (Å²) in [4.78, 5) is 2.01. The van der Waals surface area contributed by atoms with Crippen molar-refractivity contribution in [3.05, 3.63) is 5.89 Å². The first-order valence-corrected chi connectivity index (χ1v) is 4.63. The molecule has 1 aliphatic heterocycles. The van der Waals surface area contributed by atoms with E-state index in [4.69, 9.17) is 14.9 Å². The fraction of sp³-hybridized carbons (Fsp3) is 0.750. The van der Waals surface area contributed by atoms with Crippen LogP contribution in [0.25, 0.3) is 0 Å². The van der Waals surface area contributed by atoms with Crippen LogP contribution in [0.2, 0.25) is 0 Å². The Morgan fingerprint density at radius 2 is 2.50 bits per heavy atom. The van der Waals surface area contributed by atoms with Crippen LogP contribution in [-0.4, -0.2) is 36.5 Å². The Kier molecular flexibility index (Phi) is 2.64. The topological polar surface area (TPSA) is 77.4 Å². The highest BCUT2D eigenvalue weighted by Gasteiger charge is 2.25. The summed E-state index contributed by atoms with van der Waals surface area (Å²) in [6, 6.07) is 0.546. The van der Waals surface area contributed by atoms with Crippen LogP contribution in [0.3, 0.4) is 0 Å². The minimum atomic E-state index is 0.267. The van der Waals surface area contributed by atoms with Gasteiger partial charge < -0.3 is 19.8 Å². The average molecular weight is 198 g/mol. The number of hydrogen-bond acceptors (Lipinski definition) is 6. The highest BCUT2D eigenvalue weighted by atomic mass is 16.5. The smallest absolute Gasteiger partial charge is 0.318 e. The summed E-state index contributed by atoms with van der Waals surface area (Å²) in [7, 11) is 1.72. The molecule has 0 amide bonds. The van der Waals surface area contributed by atoms with E-state index in [2.05, 4.69) is 10.2 Å². The van der Waals surface area contributed by atoms with Crippen molar-refractivity contribution in [2.75, 3.05) is 25.1 Å². The summed E-state index contributed by atoms with van der Waals surface area (Å²) in [5.41, 5.74) is 5.38. The molecule has 6 nitrogen and oxygen atoms in total. The second-order valence-electron chi connectivity index (χ2n) is 3.27. The van der Waals surface area contributed by atoms with E-state index in [1.165, 1.54) is 0 Å². The van der Waals surface area contributed by atoms with E-state index in [9.17, 15) is 0 Å². The molecule has 0 saturated carbocycles. The minimum absolute atomic E-state index is 0.267. The number of methoxy groups -OCH3 is 1. The predicted molar refractivity (Wildman–Crippen MR) is 49.8 cm³/mol. The number of ether oxygens (including phenoxy) is 1. The van der Waals surface area contributed by atoms with Crippen molar-refractivity contribution in [2.45, 2.75) is 19.1 Å². The van der Waals surface area contributed by atoms with Gasteiger partial charge in [0.2, 0.25) is 5.89 Å². The van der Waals surface area contributed by atoms with Gasteiger partial charge in [0.05, 0.1) is 12.6 Å². The van der Waals surface area contributed by atoms with Crippen LogP contribution in [-0.2, 0) is 11.3 Å². The maximum atomic E-state index is 5.38. The number of aromatic nitrogens is 2. The summed E-state index contributed by atoms with van der Waals surface area (Å²) >= 11 is 0. The van der Waals surface area contributed by atoms with Gasteiger partial charge in [0.1, 0.15) is 0 Å². The van der Waals surface area contributed by atoms with E-state index in [-0.39, 0.29) is 12.6 Å². The van der Waals surface area contributed by atoms with Crippen molar-refractivity contribution in [3.8, 4) is 0 Å². The predicted octanol–water partition coefficient (Wildman–Crippen LogP) is -0.247. The van der Waals surface area contributed by atoms with Crippen molar-refractivity contribution < 1.29 is 9.15 Å². The Morgan fingerprint density at radius 3 is 3.07 bits per heavy atom. The van der Waals surface area contributed by atoms with Gasteiger partial charge in [0, 0.05) is 20.2 Å². The van der Waals surface area contributed by atoms with Crippen molar-refractivity contribution in [3.63, 3.8) is 0 Å². The van der Waals surface area contributed by atoms with E-state index in [0.29, 0.717) is 11.9 Å². The second-order valence-corrected chi connectivity index (χ2v) is 3.27. The van der Waals surface area contributed by atoms with E-state index >= 15 is 0 Å². The van der Waals surface area contributed by atoms with E-state index in [1.807, 2.05) is 4.90 Å². The Hall–Kier alpha value is -1.14. The Balaban J connectivity index is 2.02. The Morgan fingerprint density at radius 1 is 1.64 bits per heavy atom. The van der Waals surface area contributed by atoms with E-state index in [1.54, 1.807) is 7.11 Å². The zero-order valence-corrected chi connectivity index (χ0v) is 8.14. The van der Waals surface area contributed by atoms with Gasteiger partial charge in [-0.15, -0.1) is 5.10 Å². The number of anilines is 1. The molecule has 1 fully saturated rings. The first kappa shape index (κ1) is 9.42. The summed E-state index contributed by atoms with van der Waals surface area (Å²) < 4.78 is 10.6. The largest absolute Gasteiger partial charge is 0.407 e. The molecule has 0 radical (unpaired) electrons. The lowest BCUT2D eigenvalue weighted by Crippen LogP contribution is -2.22. The first-order valence-electron chi connectivity index (χ1n) is 4.63. The summed E-state index contributed by atoms with van der Waals surface area (Å²) in [5, 5.41) is 7.72. The lowest BCUT2D eigenvalue weighted by molar-refractivity contribution is 0.121. The summed E-state index contributed by atoms with van der Waals surface area (Å²) in [5.74, 6) is 0.473. The maximum absolute atomic E-state index is 5.38. The minimum Gasteiger partial charge on any atom is -0.407 e. The molecule has 1 aliphatic rings. The van der Waals surface area contributed by atoms with Crippen molar-refractivity contribution >= 4 is 6.01 Å². The number of rotatable bonds is 3. The third-order valence-electron chi connectivity index (χ3n) is 2.38. The van der Waals surface area contributed by atoms with Crippen molar-refractivity contribution in [2.24, 2.45) is 5.73 Å². The van der Waals surface area contributed by atoms with Gasteiger partial charge in [-0.2, -0.15) is 0 Å². The molecule has 2 heterocycles. The zero-order valence-electron chi connectivity index (χ0n) is 8.14. The van der Waals surface area contributed by atoms with Crippen LogP contribution in [0.4, 0.5) is 6.01 Å². The summed E-state index contributed by atoms with van der Waals surface area (Å²) in [6.07, 6.45) is 1.26. The van der Waals surface area contributed by atoms with Crippen molar-refractivity contribution in [1.82, 2.24) is 10.2 Å². The Bertz CT molecular complexity index is 301. The number of nitrogens with two attached hydrogens (primary N) is 1. The summed E-state index contributed by atoms with van der Waals surface area (Å²) in [6.45, 7) is 1.99. The molecule has 1 atom stereocenters. The van der Waals surface area contributed by atoms with E-state index < -0.39 is 0 Å². The highest BCUT2D eigenvalue weighted by molar-refractivity contribution is 5.26. The van der Waals surface area contributed by atoms with Crippen LogP contribution in [0.5, 0.6) is 0 Å². The molecule has 1 unspecified atom stereocenters. The number of nitrogens with zero attached hydrogens (tertiary/aromatic N) is 3. The third kappa shape index (κ3) is 1.71. The molecule has 14 heavy (non-hydrogen) atoms. The molecule has 0 aliphatic carbocycles. The maximum Gasteiger partial charge on any atom is 0.318 e. The molecule has 0 bridgehead atoms. The number of hydrogen-bond donors (Lipinski definition) is 1. The first-order chi connectivity index (χ1) is 6.83. The third-order valence-corrected chi connectivity index (χ3v) is 2.38. The van der Waals surface area contributed by atoms with Crippen molar-refractivity contribution in [1.29, 1.82) is 0 Å². The van der Waals surface area contributed by atoms with Gasteiger partial charge in [-0.3, -0.25) is 0 Å². The monoisotopic (exact) mass is 198 g/mol. The molecule has 1 aromatic heterocycles. The molecule has 6 heteroatoms. The van der Waals surface area contributed by atoms with E-state index in [0.717, 1.165) is 19.5 Å². The van der Waals surface area contributed by atoms with Crippen LogP contribution < -0.4 is 10.6 Å². The molecule has 1 saturated heterocycles. The van der Waals surface area contributed by atoms with Crippen LogP contribution in [0, 0.1) is 0 Å². The van der Waals surface area contributed by atoms with Crippen LogP contribution in [0.15, 0.2) is 4.42 Å². The fourth-order valence-electron chi connectivity index (χ4n) is 1.55. The molecular weight excluding hydrogens is 184 g/mol. The molecular formula is C8H14N4O2. The van der Waals surface area contributed by atoms with Gasteiger partial charge >= 0.3 is 6.01 Å². The lowest BCUT2D eigenvalue weighted by atomic mass is 10.3. The average Bonchev–Trinajstić information content (AvgIpc) is 2.86. The van der Waals surface area contributed by atoms with Crippen LogP contribution in [0.1, 0.15) is 12.3 Å². The fourth-order valence-corrected chi connectivity index (χ4v) is 1.55. The molecule has 78 valence electrons. The molecule has 2 rings (SSSR count). The normalized spacial score (nSPS) is 21.9. The highest BCUT2D eigenvalue weighted by Crippen LogP contribution is 2.19. The quantitative estimate of drug-likeness (QED) is 0.721. The molecule has 0 aromatic carbocycles. The van der Waals surface area contributed by atoms with Gasteiger partial charge in [0.25, 0.3) is 0 Å². The van der Waals surface area contributed by atoms with Gasteiger partial charge in [-0.25, -0.2) is 0 Å². The molecule has 0 spiro atoms. The van der Waals surface area contributed by atoms with Gasteiger partial charge in [0.15, 0.2) is 0 Å². The Labute approximate surface area is 82.0 Å². The molecule has 2 N–H and O–H groups in total. The standard InChI is InChI=1S/C8H14N4O2/c1-13-6-2-3-12(5-6)8-11-10-7(4-9)14-8/h6H,2-5,9H2,1H3. The second kappa shape index (κ2) is 3.93. The molecule has 1 aromatic rings. The SMILES string of the molecule is COC1CCN(c2nnc(CN)o2)C1.